The first kappa shape index (κ1) is 50.0. The third-order valence-electron chi connectivity index (χ3n) is 11.1. The first-order valence-electron chi connectivity index (χ1n) is 19.5. The smallest absolute Gasteiger partial charge is 0.217 e. The summed E-state index contributed by atoms with van der Waals surface area (Å²) in [7, 11) is 0. The highest BCUT2D eigenvalue weighted by Gasteiger charge is 2.57. The Balaban J connectivity index is 1.39. The molecule has 0 aromatic carbocycles. The number of hydrogen-bond donors (Lipinski definition) is 16. The molecular weight excluding hydrogens is 836 g/mol. The number of carbonyl (C=O) groups is 2. The molecule has 27 heteroatoms. The number of carbonyl (C=O) groups excluding carboxylic acids is 2. The van der Waals surface area contributed by atoms with Crippen molar-refractivity contribution in [3.63, 3.8) is 0 Å². The summed E-state index contributed by atoms with van der Waals surface area (Å²) in [5, 5.41) is 154. The van der Waals surface area contributed by atoms with Crippen LogP contribution in [0.4, 0.5) is 0 Å². The van der Waals surface area contributed by atoms with Gasteiger partial charge in [-0.2, -0.15) is 0 Å². The summed E-state index contributed by atoms with van der Waals surface area (Å²) >= 11 is 0. The first-order valence-corrected chi connectivity index (χ1v) is 19.5. The predicted octanol–water partition coefficient (Wildman–Crippen LogP) is -10.6. The number of aliphatic hydroxyl groups excluding tert-OH is 14. The quantitative estimate of drug-likeness (QED) is 0.0770. The fourth-order valence-corrected chi connectivity index (χ4v) is 7.76. The molecule has 16 N–H and O–H groups in total. The van der Waals surface area contributed by atoms with Crippen molar-refractivity contribution in [2.45, 2.75) is 174 Å². The average molecular weight is 895 g/mol. The van der Waals surface area contributed by atoms with E-state index >= 15 is 0 Å². The number of amides is 2. The highest BCUT2D eigenvalue weighted by atomic mass is 16.8. The van der Waals surface area contributed by atoms with E-state index in [4.69, 9.17) is 42.6 Å². The highest BCUT2D eigenvalue weighted by molar-refractivity contribution is 5.73. The van der Waals surface area contributed by atoms with Gasteiger partial charge in [0, 0.05) is 13.8 Å². The van der Waals surface area contributed by atoms with E-state index in [9.17, 15) is 81.1 Å². The third-order valence-corrected chi connectivity index (χ3v) is 11.1. The molecule has 25 atom stereocenters. The number of aliphatic hydroxyl groups is 14. The normalized spacial score (nSPS) is 49.6. The van der Waals surface area contributed by atoms with Gasteiger partial charge in [0.05, 0.1) is 32.5 Å². The van der Waals surface area contributed by atoms with Gasteiger partial charge in [-0.05, 0) is 6.92 Å². The van der Waals surface area contributed by atoms with Crippen LogP contribution in [0, 0.1) is 0 Å². The molecule has 354 valence electrons. The minimum Gasteiger partial charge on any atom is -0.394 e. The lowest BCUT2D eigenvalue weighted by molar-refractivity contribution is -0.390. The summed E-state index contributed by atoms with van der Waals surface area (Å²) in [4.78, 5) is 24.2. The van der Waals surface area contributed by atoms with Crippen molar-refractivity contribution >= 4 is 11.8 Å². The maximum atomic E-state index is 12.5. The average Bonchev–Trinajstić information content (AvgIpc) is 3.22. The van der Waals surface area contributed by atoms with Crippen LogP contribution >= 0.6 is 0 Å². The monoisotopic (exact) mass is 894 g/mol. The lowest BCUT2D eigenvalue weighted by Crippen LogP contribution is -2.70. The molecule has 5 aliphatic heterocycles. The molecule has 1 unspecified atom stereocenters. The molecule has 0 aromatic rings. The third kappa shape index (κ3) is 10.8. The second-order valence-electron chi connectivity index (χ2n) is 15.4. The van der Waals surface area contributed by atoms with E-state index in [1.807, 2.05) is 0 Å². The summed E-state index contributed by atoms with van der Waals surface area (Å²) in [5.74, 6) is -1.50. The Morgan fingerprint density at radius 1 is 0.426 bits per heavy atom. The van der Waals surface area contributed by atoms with E-state index < -0.39 is 192 Å². The molecule has 0 spiro atoms. The van der Waals surface area contributed by atoms with E-state index in [1.165, 1.54) is 6.92 Å². The minimum absolute atomic E-state index is 0.688. The topological polar surface area (TPSA) is 424 Å². The zero-order valence-corrected chi connectivity index (χ0v) is 33.0. The van der Waals surface area contributed by atoms with Crippen molar-refractivity contribution in [1.29, 1.82) is 0 Å². The molecule has 27 nitrogen and oxygen atoms in total. The van der Waals surface area contributed by atoms with Crippen molar-refractivity contribution in [2.24, 2.45) is 0 Å². The molecular formula is C34H58N2O25. The number of nitrogens with one attached hydrogen (secondary N) is 2. The van der Waals surface area contributed by atoms with Gasteiger partial charge >= 0.3 is 0 Å². The van der Waals surface area contributed by atoms with Crippen molar-refractivity contribution < 1.29 is 124 Å². The standard InChI is InChI=1S/C34H58N2O25/c1-8-17(43)22(48)24(50)32(53-8)61-29-23(49)18(44)11(4-37)56-34(29)59-27-14(7-40)57-31(16(21(27)47)36-10(3)42)60-28-19(45)12(5-38)55-33(25(28)51)58-26-13(6-39)54-30(52)15(20(26)46)35-9(2)41/h8,11-34,37-40,43-52H,4-7H2,1-3H3,(H,35,41)(H,36,42)/t8-,11-,12-,13-,14-,15-,16-,17+,18+,19+,20-,21-,22+,23+,24-,25-,26-,27-,28+,29-,30?,31+,32-,33+,34+/m1/s1. The Morgan fingerprint density at radius 3 is 1.44 bits per heavy atom. The lowest BCUT2D eigenvalue weighted by Gasteiger charge is -2.50. The van der Waals surface area contributed by atoms with Crippen LogP contribution in [-0.2, 0) is 52.2 Å². The van der Waals surface area contributed by atoms with Crippen LogP contribution in [0.3, 0.4) is 0 Å². The second kappa shape index (κ2) is 21.3. The van der Waals surface area contributed by atoms with Gasteiger partial charge in [0.25, 0.3) is 0 Å². The van der Waals surface area contributed by atoms with Gasteiger partial charge in [-0.25, -0.2) is 0 Å². The summed E-state index contributed by atoms with van der Waals surface area (Å²) < 4.78 is 51.2. The minimum atomic E-state index is -2.09. The number of ether oxygens (including phenoxy) is 9. The SMILES string of the molecule is CC(=O)N[C@H]1[C@H](O[C@H]2[C@@H](O)[C@@H](CO)O[C@@H](O[C@H]3[C@H](O)[C@@H](NC(C)=O)C(O)O[C@@H]3CO)[C@@H]2O)O[C@H](CO)[C@@H](O[C@@H]2O[C@H](CO)[C@H](O)[C@H](O)[C@H]2O[C@H]2O[C@H](C)[C@H](O)[C@H](O)[C@H]2O)[C@@H]1O. The first-order chi connectivity index (χ1) is 28.8. The van der Waals surface area contributed by atoms with Gasteiger partial charge in [-0.1, -0.05) is 0 Å². The zero-order chi connectivity index (χ0) is 45.2. The fourth-order valence-electron chi connectivity index (χ4n) is 7.76. The van der Waals surface area contributed by atoms with Crippen LogP contribution in [-0.4, -0.2) is 263 Å². The Kier molecular flexibility index (Phi) is 17.5. The molecule has 5 saturated heterocycles. The molecule has 5 fully saturated rings. The van der Waals surface area contributed by atoms with Crippen LogP contribution in [0.1, 0.15) is 20.8 Å². The second-order valence-corrected chi connectivity index (χ2v) is 15.4. The molecule has 5 heterocycles. The van der Waals surface area contributed by atoms with Crippen LogP contribution in [0.25, 0.3) is 0 Å². The molecule has 0 aromatic heterocycles. The van der Waals surface area contributed by atoms with E-state index in [2.05, 4.69) is 10.6 Å². The van der Waals surface area contributed by atoms with Gasteiger partial charge in [0.15, 0.2) is 31.5 Å². The van der Waals surface area contributed by atoms with Crippen molar-refractivity contribution in [2.75, 3.05) is 26.4 Å². The van der Waals surface area contributed by atoms with Crippen molar-refractivity contribution in [3.05, 3.63) is 0 Å². The Morgan fingerprint density at radius 2 is 0.869 bits per heavy atom. The largest absolute Gasteiger partial charge is 0.394 e. The van der Waals surface area contributed by atoms with Crippen LogP contribution < -0.4 is 10.6 Å². The van der Waals surface area contributed by atoms with Gasteiger partial charge in [-0.15, -0.1) is 0 Å². The van der Waals surface area contributed by atoms with Gasteiger partial charge in [0.2, 0.25) is 11.8 Å². The fraction of sp³-hybridized carbons (Fsp3) is 0.941. The van der Waals surface area contributed by atoms with Crippen molar-refractivity contribution in [1.82, 2.24) is 10.6 Å². The molecule has 5 aliphatic rings. The van der Waals surface area contributed by atoms with E-state index in [1.54, 1.807) is 0 Å². The van der Waals surface area contributed by atoms with Crippen LogP contribution in [0.2, 0.25) is 0 Å². The molecule has 0 aliphatic carbocycles. The Hall–Kier alpha value is -1.98. The summed E-state index contributed by atoms with van der Waals surface area (Å²) in [6.07, 6.45) is -40.9. The van der Waals surface area contributed by atoms with E-state index in [0.29, 0.717) is 0 Å². The molecule has 2 amide bonds. The van der Waals surface area contributed by atoms with Crippen LogP contribution in [0.15, 0.2) is 0 Å². The number of hydrogen-bond acceptors (Lipinski definition) is 25. The predicted molar refractivity (Wildman–Crippen MR) is 188 cm³/mol. The lowest BCUT2D eigenvalue weighted by atomic mass is 9.94. The van der Waals surface area contributed by atoms with E-state index in [-0.39, 0.29) is 0 Å². The number of rotatable bonds is 14. The Labute approximate surface area is 346 Å². The molecule has 0 radical (unpaired) electrons. The highest BCUT2D eigenvalue weighted by Crippen LogP contribution is 2.36. The maximum Gasteiger partial charge on any atom is 0.217 e. The maximum absolute atomic E-state index is 12.5. The molecule has 0 bridgehead atoms. The van der Waals surface area contributed by atoms with Gasteiger partial charge in [-0.3, -0.25) is 9.59 Å². The molecule has 5 rings (SSSR count). The zero-order valence-electron chi connectivity index (χ0n) is 33.0. The summed E-state index contributed by atoms with van der Waals surface area (Å²) in [6.45, 7) is -0.239. The van der Waals surface area contributed by atoms with Crippen molar-refractivity contribution in [3.8, 4) is 0 Å². The van der Waals surface area contributed by atoms with Gasteiger partial charge in [0.1, 0.15) is 116 Å². The summed E-state index contributed by atoms with van der Waals surface area (Å²) in [5.41, 5.74) is 0. The van der Waals surface area contributed by atoms with E-state index in [0.717, 1.165) is 13.8 Å². The van der Waals surface area contributed by atoms with Crippen LogP contribution in [0.5, 0.6) is 0 Å². The Bertz CT molecular complexity index is 1420. The molecule has 0 saturated carbocycles. The molecule has 61 heavy (non-hydrogen) atoms. The summed E-state index contributed by atoms with van der Waals surface area (Å²) in [6, 6.07) is -3.22. The van der Waals surface area contributed by atoms with Gasteiger partial charge < -0.3 is 125 Å².